The van der Waals surface area contributed by atoms with Gasteiger partial charge in [-0.1, -0.05) is 109 Å². The van der Waals surface area contributed by atoms with Crippen molar-refractivity contribution in [3.8, 4) is 22.5 Å². The van der Waals surface area contributed by atoms with E-state index >= 15 is 0 Å². The first-order valence-electron chi connectivity index (χ1n) is 17.9. The van der Waals surface area contributed by atoms with Crippen molar-refractivity contribution in [2.75, 3.05) is 9.80 Å². The fourth-order valence-electron chi connectivity index (χ4n) is 8.97. The summed E-state index contributed by atoms with van der Waals surface area (Å²) in [5.74, 6) is 0. The molecule has 4 nitrogen and oxygen atoms in total. The van der Waals surface area contributed by atoms with E-state index in [1.807, 2.05) is 0 Å². The van der Waals surface area contributed by atoms with Gasteiger partial charge in [-0.05, 0) is 83.9 Å². The van der Waals surface area contributed by atoms with E-state index in [9.17, 15) is 0 Å². The monoisotopic (exact) mass is 662 g/mol. The van der Waals surface area contributed by atoms with Crippen LogP contribution in [0.4, 0.5) is 34.1 Å². The van der Waals surface area contributed by atoms with Crippen LogP contribution >= 0.6 is 0 Å². The van der Waals surface area contributed by atoms with Crippen molar-refractivity contribution in [1.82, 2.24) is 9.13 Å². The summed E-state index contributed by atoms with van der Waals surface area (Å²) in [4.78, 5) is 4.83. The zero-order valence-electron chi connectivity index (χ0n) is 28.1. The molecule has 2 aromatic heterocycles. The Bertz CT molecular complexity index is 2860. The molecule has 0 aliphatic carbocycles. The molecular formula is C48H30N4. The second kappa shape index (κ2) is 10.3. The van der Waals surface area contributed by atoms with Gasteiger partial charge in [0, 0.05) is 32.9 Å². The number of hydrogen-bond acceptors (Lipinski definition) is 2. The first-order valence-corrected chi connectivity index (χ1v) is 17.9. The van der Waals surface area contributed by atoms with Crippen LogP contribution in [0.1, 0.15) is 0 Å². The highest BCUT2D eigenvalue weighted by Crippen LogP contribution is 2.51. The van der Waals surface area contributed by atoms with E-state index in [-0.39, 0.29) is 0 Å². The van der Waals surface area contributed by atoms with Gasteiger partial charge in [0.2, 0.25) is 0 Å². The topological polar surface area (TPSA) is 16.3 Å². The van der Waals surface area contributed by atoms with Crippen molar-refractivity contribution in [1.29, 1.82) is 0 Å². The molecule has 52 heavy (non-hydrogen) atoms. The Kier molecular flexibility index (Phi) is 5.47. The van der Waals surface area contributed by atoms with Crippen LogP contribution in [0.2, 0.25) is 0 Å². The summed E-state index contributed by atoms with van der Waals surface area (Å²) in [7, 11) is 0. The van der Waals surface area contributed by atoms with Crippen LogP contribution in [0, 0.1) is 0 Å². The number of hydrogen-bond donors (Lipinski definition) is 0. The Morgan fingerprint density at radius 3 is 1.04 bits per heavy atom. The molecule has 0 spiro atoms. The summed E-state index contributed by atoms with van der Waals surface area (Å²) < 4.78 is 4.87. The van der Waals surface area contributed by atoms with E-state index in [2.05, 4.69) is 201 Å². The Hall–Kier alpha value is -7.04. The number of nitrogens with zero attached hydrogens (tertiary/aromatic N) is 4. The van der Waals surface area contributed by atoms with E-state index < -0.39 is 0 Å². The molecule has 8 aromatic carbocycles. The molecule has 10 aromatic rings. The van der Waals surface area contributed by atoms with Crippen molar-refractivity contribution in [3.63, 3.8) is 0 Å². The molecule has 4 heteroatoms. The molecular weight excluding hydrogens is 633 g/mol. The Balaban J connectivity index is 0.946. The largest absolute Gasteiger partial charge is 0.306 e. The van der Waals surface area contributed by atoms with Crippen LogP contribution in [0.15, 0.2) is 182 Å². The van der Waals surface area contributed by atoms with Gasteiger partial charge in [0.05, 0.1) is 56.2 Å². The lowest BCUT2D eigenvalue weighted by Gasteiger charge is -2.33. The lowest BCUT2D eigenvalue weighted by molar-refractivity contribution is 1.11. The van der Waals surface area contributed by atoms with Crippen LogP contribution in [0.25, 0.3) is 66.1 Å². The van der Waals surface area contributed by atoms with E-state index in [0.29, 0.717) is 0 Å². The number of rotatable bonds is 3. The van der Waals surface area contributed by atoms with Crippen LogP contribution in [0.3, 0.4) is 0 Å². The number of anilines is 6. The molecule has 0 saturated carbocycles. The SMILES string of the molecule is c1ccc2c(c1)N(c1ccc(-c3ccc(N4c5ccccc5-n5c6ccccc6c6cccc4c65)cc3)cc1)c1cccc3c4ccccc4n-2c13. The molecule has 12 rings (SSSR count). The number of para-hydroxylation sites is 8. The minimum atomic E-state index is 1.14. The average molecular weight is 663 g/mol. The molecule has 0 fully saturated rings. The summed E-state index contributed by atoms with van der Waals surface area (Å²) in [6.07, 6.45) is 0. The van der Waals surface area contributed by atoms with Gasteiger partial charge < -0.3 is 18.9 Å². The fourth-order valence-corrected chi connectivity index (χ4v) is 8.97. The van der Waals surface area contributed by atoms with Gasteiger partial charge in [-0.3, -0.25) is 0 Å². The van der Waals surface area contributed by atoms with E-state index in [4.69, 9.17) is 0 Å². The van der Waals surface area contributed by atoms with Gasteiger partial charge in [-0.15, -0.1) is 0 Å². The highest BCUT2D eigenvalue weighted by atomic mass is 15.2. The van der Waals surface area contributed by atoms with Crippen molar-refractivity contribution in [2.24, 2.45) is 0 Å². The predicted molar refractivity (Wildman–Crippen MR) is 217 cm³/mol. The molecule has 0 N–H and O–H groups in total. The van der Waals surface area contributed by atoms with E-state index in [1.54, 1.807) is 0 Å². The molecule has 0 atom stereocenters. The number of fused-ring (bicyclic) bond motifs is 10. The van der Waals surface area contributed by atoms with Gasteiger partial charge in [0.1, 0.15) is 0 Å². The van der Waals surface area contributed by atoms with Gasteiger partial charge in [-0.25, -0.2) is 0 Å². The lowest BCUT2D eigenvalue weighted by Crippen LogP contribution is -2.18. The van der Waals surface area contributed by atoms with Crippen molar-refractivity contribution in [2.45, 2.75) is 0 Å². The Morgan fingerprint density at radius 2 is 0.596 bits per heavy atom. The zero-order chi connectivity index (χ0) is 33.9. The lowest BCUT2D eigenvalue weighted by atomic mass is 10.0. The molecule has 0 amide bonds. The highest BCUT2D eigenvalue weighted by Gasteiger charge is 2.29. The summed E-state index contributed by atoms with van der Waals surface area (Å²) in [5.41, 5.74) is 16.8. The summed E-state index contributed by atoms with van der Waals surface area (Å²) in [6, 6.07) is 66.4. The third kappa shape index (κ3) is 3.60. The predicted octanol–water partition coefficient (Wildman–Crippen LogP) is 13.1. The molecule has 2 aliphatic heterocycles. The third-order valence-corrected chi connectivity index (χ3v) is 11.1. The molecule has 0 radical (unpaired) electrons. The van der Waals surface area contributed by atoms with Crippen LogP contribution < -0.4 is 9.80 Å². The van der Waals surface area contributed by atoms with E-state index in [1.165, 1.54) is 88.9 Å². The maximum Gasteiger partial charge on any atom is 0.0783 e. The van der Waals surface area contributed by atoms with E-state index in [0.717, 1.165) is 11.4 Å². The summed E-state index contributed by atoms with van der Waals surface area (Å²) in [5, 5.41) is 5.11. The van der Waals surface area contributed by atoms with Crippen molar-refractivity contribution >= 4 is 77.7 Å². The Morgan fingerprint density at radius 1 is 0.250 bits per heavy atom. The fraction of sp³-hybridized carbons (Fsp3) is 0. The maximum absolute atomic E-state index is 2.43. The molecule has 242 valence electrons. The molecule has 0 saturated heterocycles. The average Bonchev–Trinajstić information content (AvgIpc) is 3.74. The van der Waals surface area contributed by atoms with Gasteiger partial charge in [0.15, 0.2) is 0 Å². The smallest absolute Gasteiger partial charge is 0.0783 e. The first-order chi connectivity index (χ1) is 25.8. The van der Waals surface area contributed by atoms with Crippen molar-refractivity contribution in [3.05, 3.63) is 182 Å². The second-order valence-electron chi connectivity index (χ2n) is 13.8. The van der Waals surface area contributed by atoms with Crippen LogP contribution in [-0.2, 0) is 0 Å². The third-order valence-electron chi connectivity index (χ3n) is 11.1. The molecule has 4 heterocycles. The summed E-state index contributed by atoms with van der Waals surface area (Å²) in [6.45, 7) is 0. The minimum Gasteiger partial charge on any atom is -0.306 e. The molecule has 2 aliphatic rings. The quantitative estimate of drug-likeness (QED) is 0.187. The number of benzene rings is 8. The van der Waals surface area contributed by atoms with Crippen LogP contribution in [-0.4, -0.2) is 9.13 Å². The van der Waals surface area contributed by atoms with Gasteiger partial charge in [-0.2, -0.15) is 0 Å². The normalized spacial score (nSPS) is 12.9. The molecule has 0 unspecified atom stereocenters. The van der Waals surface area contributed by atoms with Gasteiger partial charge >= 0.3 is 0 Å². The standard InChI is InChI=1S/C48H30N4/c1-3-15-39-35(11-1)37-13-9-21-45-47(37)51(39)43-19-7-5-17-41(43)49(45)33-27-23-31(24-28-33)32-25-29-34(30-26-32)50-42-18-6-8-20-44(42)52-40-16-4-2-12-36(40)38-14-10-22-46(50)48(38)52/h1-30H. The summed E-state index contributed by atoms with van der Waals surface area (Å²) >= 11 is 0. The molecule has 0 bridgehead atoms. The maximum atomic E-state index is 2.43. The second-order valence-corrected chi connectivity index (χ2v) is 13.8. The number of aromatic nitrogens is 2. The first kappa shape index (κ1) is 27.7. The Labute approximate surface area is 300 Å². The minimum absolute atomic E-state index is 1.14. The van der Waals surface area contributed by atoms with Gasteiger partial charge in [0.25, 0.3) is 0 Å². The highest BCUT2D eigenvalue weighted by molar-refractivity contribution is 6.18. The zero-order valence-corrected chi connectivity index (χ0v) is 28.1. The van der Waals surface area contributed by atoms with Crippen LogP contribution in [0.5, 0.6) is 0 Å². The van der Waals surface area contributed by atoms with Crippen molar-refractivity contribution < 1.29 is 0 Å².